The lowest BCUT2D eigenvalue weighted by Gasteiger charge is -2.31. The van der Waals surface area contributed by atoms with Crippen molar-refractivity contribution in [1.29, 1.82) is 0 Å². The lowest BCUT2D eigenvalue weighted by atomic mass is 9.74. The highest BCUT2D eigenvalue weighted by molar-refractivity contribution is 5.48. The molecule has 4 heteroatoms. The molecule has 0 aliphatic heterocycles. The lowest BCUT2D eigenvalue weighted by Crippen LogP contribution is -2.21. The van der Waals surface area contributed by atoms with E-state index in [1.54, 1.807) is 14.2 Å². The molecule has 0 N–H and O–H groups in total. The molecule has 0 aromatic heterocycles. The van der Waals surface area contributed by atoms with Crippen molar-refractivity contribution >= 4 is 0 Å². The van der Waals surface area contributed by atoms with Crippen LogP contribution < -0.4 is 0 Å². The predicted molar refractivity (Wildman–Crippen MR) is 86.5 cm³/mol. The monoisotopic (exact) mass is 308 g/mol. The van der Waals surface area contributed by atoms with Crippen LogP contribution in [-0.4, -0.2) is 41.0 Å². The molecule has 0 aromatic carbocycles. The molecule has 0 amide bonds. The second-order valence-corrected chi connectivity index (χ2v) is 6.16. The van der Waals surface area contributed by atoms with Crippen molar-refractivity contribution in [2.45, 2.75) is 33.1 Å². The van der Waals surface area contributed by atoms with Gasteiger partial charge in [-0.25, -0.2) is 0 Å². The van der Waals surface area contributed by atoms with Gasteiger partial charge in [-0.1, -0.05) is 23.3 Å². The largest absolute Gasteiger partial charge is 0.359 e. The molecule has 1 atom stereocenters. The van der Waals surface area contributed by atoms with Gasteiger partial charge in [0.2, 0.25) is 0 Å². The first kappa shape index (κ1) is 17.4. The molecule has 0 radical (unpaired) electrons. The van der Waals surface area contributed by atoms with Crippen molar-refractivity contribution in [3.63, 3.8) is 0 Å². The summed E-state index contributed by atoms with van der Waals surface area (Å²) >= 11 is 0. The standard InChI is InChI=1S/C18H28O4/c1-14(10-21-12-19-3)16-7-8-17-15(11-22-13-20-4)6-5-9-18(16,17)2/h5,9H,6-8,10-13H2,1-4H3/b16-14+. The van der Waals surface area contributed by atoms with Gasteiger partial charge in [-0.05, 0) is 44.3 Å². The molecule has 0 saturated heterocycles. The minimum atomic E-state index is 0.0323. The Bertz CT molecular complexity index is 467. The molecular weight excluding hydrogens is 280 g/mol. The second kappa shape index (κ2) is 8.06. The third-order valence-corrected chi connectivity index (χ3v) is 4.63. The average molecular weight is 308 g/mol. The number of fused-ring (bicyclic) bond motifs is 1. The maximum absolute atomic E-state index is 5.58. The quantitative estimate of drug-likeness (QED) is 0.390. The summed E-state index contributed by atoms with van der Waals surface area (Å²) in [7, 11) is 3.30. The SMILES string of the molecule is COCOCC1=C2CC/C(=C(/C)COCOC)C2(C)C=CC1. The van der Waals surface area contributed by atoms with Gasteiger partial charge in [0.25, 0.3) is 0 Å². The van der Waals surface area contributed by atoms with Crippen molar-refractivity contribution in [2.75, 3.05) is 41.0 Å². The van der Waals surface area contributed by atoms with E-state index in [0.717, 1.165) is 19.3 Å². The van der Waals surface area contributed by atoms with E-state index in [0.29, 0.717) is 26.8 Å². The van der Waals surface area contributed by atoms with Gasteiger partial charge in [0.1, 0.15) is 13.6 Å². The summed E-state index contributed by atoms with van der Waals surface area (Å²) in [5.41, 5.74) is 5.76. The van der Waals surface area contributed by atoms with Gasteiger partial charge in [0, 0.05) is 19.6 Å². The molecule has 1 unspecified atom stereocenters. The fraction of sp³-hybridized carbons (Fsp3) is 0.667. The molecule has 2 aliphatic carbocycles. The van der Waals surface area contributed by atoms with E-state index >= 15 is 0 Å². The maximum atomic E-state index is 5.58. The number of ether oxygens (including phenoxy) is 4. The molecule has 124 valence electrons. The van der Waals surface area contributed by atoms with E-state index in [4.69, 9.17) is 18.9 Å². The summed E-state index contributed by atoms with van der Waals surface area (Å²) in [5.74, 6) is 0. The highest BCUT2D eigenvalue weighted by Gasteiger charge is 2.40. The summed E-state index contributed by atoms with van der Waals surface area (Å²) in [4.78, 5) is 0. The molecule has 4 nitrogen and oxygen atoms in total. The minimum absolute atomic E-state index is 0.0323. The highest BCUT2D eigenvalue weighted by Crippen LogP contribution is 2.52. The molecule has 1 saturated carbocycles. The van der Waals surface area contributed by atoms with Crippen LogP contribution in [0.25, 0.3) is 0 Å². The van der Waals surface area contributed by atoms with Gasteiger partial charge in [-0.15, -0.1) is 0 Å². The molecule has 0 heterocycles. The first-order valence-electron chi connectivity index (χ1n) is 7.85. The highest BCUT2D eigenvalue weighted by atomic mass is 16.7. The molecule has 2 aliphatic rings. The van der Waals surface area contributed by atoms with Gasteiger partial charge in [-0.2, -0.15) is 0 Å². The Morgan fingerprint density at radius 1 is 1.14 bits per heavy atom. The molecule has 2 rings (SSSR count). The van der Waals surface area contributed by atoms with Gasteiger partial charge < -0.3 is 18.9 Å². The number of hydrogen-bond acceptors (Lipinski definition) is 4. The Morgan fingerprint density at radius 2 is 1.86 bits per heavy atom. The number of hydrogen-bond donors (Lipinski definition) is 0. The first-order valence-corrected chi connectivity index (χ1v) is 7.85. The fourth-order valence-electron chi connectivity index (χ4n) is 3.67. The van der Waals surface area contributed by atoms with E-state index < -0.39 is 0 Å². The zero-order valence-electron chi connectivity index (χ0n) is 14.2. The Hall–Kier alpha value is -0.940. The zero-order chi connectivity index (χ0) is 16.0. The van der Waals surface area contributed by atoms with Gasteiger partial charge in [0.15, 0.2) is 0 Å². The normalized spacial score (nSPS) is 26.5. The van der Waals surface area contributed by atoms with Crippen molar-refractivity contribution in [2.24, 2.45) is 5.41 Å². The molecule has 0 spiro atoms. The van der Waals surface area contributed by atoms with Crippen molar-refractivity contribution in [3.8, 4) is 0 Å². The Morgan fingerprint density at radius 3 is 2.59 bits per heavy atom. The predicted octanol–water partition coefficient (Wildman–Crippen LogP) is 3.60. The minimum Gasteiger partial charge on any atom is -0.359 e. The van der Waals surface area contributed by atoms with Gasteiger partial charge in [-0.3, -0.25) is 0 Å². The van der Waals surface area contributed by atoms with Crippen LogP contribution in [0.15, 0.2) is 34.4 Å². The molecular formula is C18H28O4. The van der Waals surface area contributed by atoms with Crippen LogP contribution in [0, 0.1) is 5.41 Å². The number of allylic oxidation sites excluding steroid dienone is 4. The Balaban J connectivity index is 2.16. The summed E-state index contributed by atoms with van der Waals surface area (Å²) < 4.78 is 21.1. The van der Waals surface area contributed by atoms with Crippen LogP contribution in [0.5, 0.6) is 0 Å². The Kier molecular flexibility index (Phi) is 6.38. The summed E-state index contributed by atoms with van der Waals surface area (Å²) in [6.07, 6.45) is 7.82. The van der Waals surface area contributed by atoms with E-state index in [-0.39, 0.29) is 5.41 Å². The van der Waals surface area contributed by atoms with E-state index in [1.165, 1.54) is 22.3 Å². The number of rotatable bonds is 8. The third-order valence-electron chi connectivity index (χ3n) is 4.63. The molecule has 22 heavy (non-hydrogen) atoms. The van der Waals surface area contributed by atoms with Crippen molar-refractivity contribution in [1.82, 2.24) is 0 Å². The molecule has 0 aromatic rings. The van der Waals surface area contributed by atoms with Crippen LogP contribution in [-0.2, 0) is 18.9 Å². The molecule has 0 bridgehead atoms. The van der Waals surface area contributed by atoms with Crippen molar-refractivity contribution in [3.05, 3.63) is 34.4 Å². The van der Waals surface area contributed by atoms with E-state index in [9.17, 15) is 0 Å². The Labute approximate surface area is 133 Å². The first-order chi connectivity index (χ1) is 10.6. The van der Waals surface area contributed by atoms with Crippen LogP contribution in [0.1, 0.15) is 33.1 Å². The number of methoxy groups -OCH3 is 2. The second-order valence-electron chi connectivity index (χ2n) is 6.16. The fourth-order valence-corrected chi connectivity index (χ4v) is 3.67. The average Bonchev–Trinajstić information content (AvgIpc) is 2.85. The topological polar surface area (TPSA) is 36.9 Å². The smallest absolute Gasteiger partial charge is 0.146 e. The zero-order valence-corrected chi connectivity index (χ0v) is 14.2. The summed E-state index contributed by atoms with van der Waals surface area (Å²) in [6, 6.07) is 0. The van der Waals surface area contributed by atoms with E-state index in [1.807, 2.05) is 0 Å². The van der Waals surface area contributed by atoms with Crippen LogP contribution in [0.2, 0.25) is 0 Å². The van der Waals surface area contributed by atoms with Crippen LogP contribution >= 0.6 is 0 Å². The molecule has 1 fully saturated rings. The van der Waals surface area contributed by atoms with Gasteiger partial charge >= 0.3 is 0 Å². The maximum Gasteiger partial charge on any atom is 0.146 e. The third kappa shape index (κ3) is 3.69. The van der Waals surface area contributed by atoms with Crippen LogP contribution in [0.3, 0.4) is 0 Å². The summed E-state index contributed by atoms with van der Waals surface area (Å²) in [6.45, 7) is 6.48. The van der Waals surface area contributed by atoms with Crippen molar-refractivity contribution < 1.29 is 18.9 Å². The van der Waals surface area contributed by atoms with E-state index in [2.05, 4.69) is 26.0 Å². The van der Waals surface area contributed by atoms with Gasteiger partial charge in [0.05, 0.1) is 13.2 Å². The van der Waals surface area contributed by atoms with Crippen LogP contribution in [0.4, 0.5) is 0 Å². The summed E-state index contributed by atoms with van der Waals surface area (Å²) in [5, 5.41) is 0. The lowest BCUT2D eigenvalue weighted by molar-refractivity contribution is -0.0219.